The Kier molecular flexibility index (Phi) is 5.16. The average Bonchev–Trinajstić information content (AvgIpc) is 1.75. The van der Waals surface area contributed by atoms with Crippen molar-refractivity contribution in [2.24, 2.45) is 0 Å². The van der Waals surface area contributed by atoms with E-state index >= 15 is 0 Å². The largest absolute Gasteiger partial charge is 0.127 e. The summed E-state index contributed by atoms with van der Waals surface area (Å²) >= 11 is 5.94. The molecule has 0 spiro atoms. The molecular weight excluding hydrogens is 223 g/mol. The molecule has 15 heavy (non-hydrogen) atoms. The van der Waals surface area contributed by atoms with E-state index in [2.05, 4.69) is 55.4 Å². The quantitative estimate of drug-likeness (QED) is 0.460. The summed E-state index contributed by atoms with van der Waals surface area (Å²) in [7, 11) is -0.0763. The topological polar surface area (TPSA) is 0 Å². The highest BCUT2D eigenvalue weighted by Crippen LogP contribution is 2.68. The van der Waals surface area contributed by atoms with Gasteiger partial charge >= 0.3 is 0 Å². The lowest BCUT2D eigenvalue weighted by Crippen LogP contribution is -2.37. The lowest BCUT2D eigenvalue weighted by Gasteiger charge is -2.51. The molecule has 0 amide bonds. The molecule has 0 N–H and O–H groups in total. The van der Waals surface area contributed by atoms with Gasteiger partial charge in [-0.3, -0.25) is 0 Å². The van der Waals surface area contributed by atoms with Crippen LogP contribution in [0.25, 0.3) is 0 Å². The molecule has 0 bridgehead atoms. The van der Waals surface area contributed by atoms with E-state index in [1.807, 2.05) is 0 Å². The van der Waals surface area contributed by atoms with Crippen LogP contribution in [-0.2, 0) is 0 Å². The molecule has 0 aromatic rings. The van der Waals surface area contributed by atoms with Gasteiger partial charge in [0.2, 0.25) is 0 Å². The number of alkyl halides is 1. The molecule has 0 aromatic heterocycles. The second kappa shape index (κ2) is 4.92. The van der Waals surface area contributed by atoms with Gasteiger partial charge in [-0.05, 0) is 21.9 Å². The Morgan fingerprint density at radius 1 is 0.800 bits per heavy atom. The van der Waals surface area contributed by atoms with Gasteiger partial charge < -0.3 is 0 Å². The van der Waals surface area contributed by atoms with Crippen molar-refractivity contribution in [1.29, 1.82) is 0 Å². The standard InChI is InChI=1S/C13H28ClP/c1-11(2,3)15(12(4,5)6)13(7,8)9-10-14/h9-10H2,1-8H3. The summed E-state index contributed by atoms with van der Waals surface area (Å²) in [6.45, 7) is 19.0. The lowest BCUT2D eigenvalue weighted by atomic mass is 10.1. The van der Waals surface area contributed by atoms with Gasteiger partial charge in [-0.1, -0.05) is 63.3 Å². The highest BCUT2D eigenvalue weighted by atomic mass is 35.5. The fraction of sp³-hybridized carbons (Fsp3) is 1.00. The predicted octanol–water partition coefficient (Wildman–Crippen LogP) is 5.47. The van der Waals surface area contributed by atoms with Crippen LogP contribution in [0.2, 0.25) is 0 Å². The van der Waals surface area contributed by atoms with Gasteiger partial charge in [0.05, 0.1) is 0 Å². The SMILES string of the molecule is CC(C)(C)P(C(C)(C)C)C(C)(C)CCCl. The Morgan fingerprint density at radius 2 is 1.13 bits per heavy atom. The summed E-state index contributed by atoms with van der Waals surface area (Å²) in [6, 6.07) is 0. The Labute approximate surface area is 103 Å². The summed E-state index contributed by atoms with van der Waals surface area (Å²) < 4.78 is 0. The van der Waals surface area contributed by atoms with Gasteiger partial charge in [-0.15, -0.1) is 11.6 Å². The molecule has 0 aliphatic carbocycles. The van der Waals surface area contributed by atoms with Crippen molar-refractivity contribution in [2.75, 3.05) is 5.88 Å². The van der Waals surface area contributed by atoms with Crippen LogP contribution in [0.1, 0.15) is 61.8 Å². The maximum absolute atomic E-state index is 5.94. The molecule has 0 aliphatic rings. The monoisotopic (exact) mass is 250 g/mol. The van der Waals surface area contributed by atoms with Crippen LogP contribution in [0.4, 0.5) is 0 Å². The summed E-state index contributed by atoms with van der Waals surface area (Å²) in [5.41, 5.74) is 0. The first-order valence-electron chi connectivity index (χ1n) is 5.79. The molecule has 0 aromatic carbocycles. The Hall–Kier alpha value is 0.720. The zero-order valence-corrected chi connectivity index (χ0v) is 13.4. The van der Waals surface area contributed by atoms with Gasteiger partial charge in [0.1, 0.15) is 0 Å². The van der Waals surface area contributed by atoms with Gasteiger partial charge in [-0.2, -0.15) is 0 Å². The summed E-state index contributed by atoms with van der Waals surface area (Å²) in [4.78, 5) is 0. The Bertz CT molecular complexity index is 182. The zero-order valence-electron chi connectivity index (χ0n) is 11.7. The highest BCUT2D eigenvalue weighted by molar-refractivity contribution is 7.62. The van der Waals surface area contributed by atoms with E-state index in [1.54, 1.807) is 0 Å². The van der Waals surface area contributed by atoms with E-state index in [-0.39, 0.29) is 7.92 Å². The molecule has 0 heterocycles. The summed E-state index contributed by atoms with van der Waals surface area (Å²) in [5, 5.41) is 1.15. The molecule has 0 rings (SSSR count). The maximum atomic E-state index is 5.94. The van der Waals surface area contributed by atoms with Crippen molar-refractivity contribution in [3.05, 3.63) is 0 Å². The molecular formula is C13H28ClP. The minimum absolute atomic E-state index is 0.0763. The van der Waals surface area contributed by atoms with Gasteiger partial charge in [0.25, 0.3) is 0 Å². The minimum atomic E-state index is -0.0763. The predicted molar refractivity (Wildman–Crippen MR) is 75.8 cm³/mol. The molecule has 2 heteroatoms. The Balaban J connectivity index is 5.13. The van der Waals surface area contributed by atoms with Gasteiger partial charge in [-0.25, -0.2) is 0 Å². The van der Waals surface area contributed by atoms with E-state index in [0.717, 1.165) is 12.3 Å². The van der Waals surface area contributed by atoms with E-state index in [4.69, 9.17) is 11.6 Å². The van der Waals surface area contributed by atoms with Crippen LogP contribution in [0.5, 0.6) is 0 Å². The van der Waals surface area contributed by atoms with Crippen LogP contribution in [0, 0.1) is 0 Å². The van der Waals surface area contributed by atoms with Gasteiger partial charge in [0, 0.05) is 5.88 Å². The molecule has 0 nitrogen and oxygen atoms in total. The van der Waals surface area contributed by atoms with Crippen LogP contribution >= 0.6 is 19.5 Å². The number of halogens is 1. The van der Waals surface area contributed by atoms with Crippen molar-refractivity contribution in [1.82, 2.24) is 0 Å². The first kappa shape index (κ1) is 15.7. The maximum Gasteiger partial charge on any atom is 0.0231 e. The zero-order chi connectivity index (χ0) is 12.5. The van der Waals surface area contributed by atoms with Crippen LogP contribution in [0.3, 0.4) is 0 Å². The summed E-state index contributed by atoms with van der Waals surface area (Å²) in [6.07, 6.45) is 1.12. The molecule has 0 fully saturated rings. The third kappa shape index (κ3) is 4.61. The van der Waals surface area contributed by atoms with Crippen molar-refractivity contribution in [3.8, 4) is 0 Å². The van der Waals surface area contributed by atoms with Crippen molar-refractivity contribution >= 4 is 19.5 Å². The van der Waals surface area contributed by atoms with E-state index in [9.17, 15) is 0 Å². The van der Waals surface area contributed by atoms with Crippen LogP contribution in [-0.4, -0.2) is 21.3 Å². The van der Waals surface area contributed by atoms with Crippen molar-refractivity contribution in [3.63, 3.8) is 0 Å². The van der Waals surface area contributed by atoms with E-state index in [1.165, 1.54) is 0 Å². The molecule has 0 saturated heterocycles. The molecule has 0 radical (unpaired) electrons. The lowest BCUT2D eigenvalue weighted by molar-refractivity contribution is 0.600. The molecule has 0 atom stereocenters. The van der Waals surface area contributed by atoms with E-state index in [0.29, 0.717) is 15.5 Å². The fourth-order valence-electron chi connectivity index (χ4n) is 3.17. The third-order valence-electron chi connectivity index (χ3n) is 2.65. The first-order chi connectivity index (χ1) is 6.43. The first-order valence-corrected chi connectivity index (χ1v) is 7.67. The second-order valence-corrected chi connectivity index (χ2v) is 11.9. The number of rotatable bonds is 3. The Morgan fingerprint density at radius 3 is 1.33 bits per heavy atom. The van der Waals surface area contributed by atoms with Crippen LogP contribution < -0.4 is 0 Å². The molecule has 0 aliphatic heterocycles. The normalized spacial score (nSPS) is 14.8. The third-order valence-corrected chi connectivity index (χ3v) is 6.96. The van der Waals surface area contributed by atoms with Crippen LogP contribution in [0.15, 0.2) is 0 Å². The molecule has 0 saturated carbocycles. The minimum Gasteiger partial charge on any atom is -0.127 e. The summed E-state index contributed by atoms with van der Waals surface area (Å²) in [5.74, 6) is 0.776. The van der Waals surface area contributed by atoms with Crippen molar-refractivity contribution in [2.45, 2.75) is 77.3 Å². The van der Waals surface area contributed by atoms with Crippen molar-refractivity contribution < 1.29 is 0 Å². The molecule has 92 valence electrons. The number of hydrogen-bond donors (Lipinski definition) is 0. The van der Waals surface area contributed by atoms with E-state index < -0.39 is 0 Å². The smallest absolute Gasteiger partial charge is 0.0231 e. The fourth-order valence-corrected chi connectivity index (χ4v) is 9.75. The van der Waals surface area contributed by atoms with Gasteiger partial charge in [0.15, 0.2) is 0 Å². The molecule has 0 unspecified atom stereocenters. The highest BCUT2D eigenvalue weighted by Gasteiger charge is 2.43. The second-order valence-electron chi connectivity index (χ2n) is 6.93. The average molecular weight is 251 g/mol. The number of hydrogen-bond acceptors (Lipinski definition) is 0.